The molecule has 0 unspecified atom stereocenters. The largest absolute Gasteiger partial charge is 0.534 e. The van der Waals surface area contributed by atoms with Crippen molar-refractivity contribution in [3.05, 3.63) is 39.9 Å². The van der Waals surface area contributed by atoms with Gasteiger partial charge in [-0.2, -0.15) is 0 Å². The maximum absolute atomic E-state index is 10.6. The van der Waals surface area contributed by atoms with Gasteiger partial charge in [-0.05, 0) is 0 Å². The molecule has 0 aromatic heterocycles. The Morgan fingerprint density at radius 1 is 1.53 bits per heavy atom. The predicted octanol–water partition coefficient (Wildman–Crippen LogP) is 0.998. The van der Waals surface area contributed by atoms with E-state index in [1.165, 1.54) is 24.3 Å². The Labute approximate surface area is 95.8 Å². The van der Waals surface area contributed by atoms with E-state index in [0.717, 1.165) is 7.11 Å². The lowest BCUT2D eigenvalue weighted by atomic mass is 10.2. The summed E-state index contributed by atoms with van der Waals surface area (Å²) in [5, 5.41) is 13.8. The number of methoxy groups -OCH3 is 1. The number of hydrogen-bond donors (Lipinski definition) is 1. The first kappa shape index (κ1) is 12.4. The van der Waals surface area contributed by atoms with Gasteiger partial charge in [0.15, 0.2) is 5.84 Å². The second-order valence-corrected chi connectivity index (χ2v) is 2.83. The van der Waals surface area contributed by atoms with E-state index in [4.69, 9.17) is 5.73 Å². The Kier molecular flexibility index (Phi) is 3.98. The quantitative estimate of drug-likeness (QED) is 0.210. The number of nitro groups is 1. The fourth-order valence-electron chi connectivity index (χ4n) is 0.955. The minimum atomic E-state index is -1.03. The number of carbonyl (C=O) groups excluding carboxylic acids is 1. The molecule has 17 heavy (non-hydrogen) atoms. The average molecular weight is 239 g/mol. The van der Waals surface area contributed by atoms with Gasteiger partial charge in [0.2, 0.25) is 0 Å². The number of ether oxygens (including phenoxy) is 1. The van der Waals surface area contributed by atoms with Crippen molar-refractivity contribution in [1.29, 1.82) is 0 Å². The molecular weight excluding hydrogens is 230 g/mol. The van der Waals surface area contributed by atoms with E-state index in [1.54, 1.807) is 0 Å². The molecule has 0 fully saturated rings. The summed E-state index contributed by atoms with van der Waals surface area (Å²) in [6, 6.07) is 5.44. The van der Waals surface area contributed by atoms with Gasteiger partial charge in [-0.3, -0.25) is 15.0 Å². The second-order valence-electron chi connectivity index (χ2n) is 2.83. The smallest absolute Gasteiger partial charge is 0.436 e. The van der Waals surface area contributed by atoms with E-state index in [0.29, 0.717) is 0 Å². The molecule has 0 aliphatic heterocycles. The van der Waals surface area contributed by atoms with Crippen LogP contribution in [0.4, 0.5) is 10.5 Å². The molecular formula is C9H9N3O5. The fourth-order valence-corrected chi connectivity index (χ4v) is 0.955. The van der Waals surface area contributed by atoms with Crippen LogP contribution in [0.3, 0.4) is 0 Å². The molecule has 0 spiro atoms. The molecule has 8 nitrogen and oxygen atoms in total. The average Bonchev–Trinajstić information content (AvgIpc) is 2.35. The zero-order valence-corrected chi connectivity index (χ0v) is 8.82. The summed E-state index contributed by atoms with van der Waals surface area (Å²) in [7, 11) is 1.11. The molecule has 90 valence electrons. The van der Waals surface area contributed by atoms with Gasteiger partial charge in [-0.25, -0.2) is 4.79 Å². The van der Waals surface area contributed by atoms with Gasteiger partial charge in [0.25, 0.3) is 5.69 Å². The third-order valence-corrected chi connectivity index (χ3v) is 1.74. The van der Waals surface area contributed by atoms with E-state index in [-0.39, 0.29) is 17.1 Å². The van der Waals surface area contributed by atoms with Gasteiger partial charge in [-0.15, -0.1) is 0 Å². The minimum Gasteiger partial charge on any atom is -0.436 e. The van der Waals surface area contributed by atoms with E-state index in [1.807, 2.05) is 0 Å². The van der Waals surface area contributed by atoms with E-state index >= 15 is 0 Å². The van der Waals surface area contributed by atoms with Crippen molar-refractivity contribution < 1.29 is 19.3 Å². The summed E-state index contributed by atoms with van der Waals surface area (Å²) in [6.07, 6.45) is -1.03. The summed E-state index contributed by atoms with van der Waals surface area (Å²) in [6.45, 7) is 0. The maximum atomic E-state index is 10.6. The van der Waals surface area contributed by atoms with E-state index in [2.05, 4.69) is 14.7 Å². The van der Waals surface area contributed by atoms with Crippen molar-refractivity contribution >= 4 is 17.7 Å². The number of amidine groups is 1. The van der Waals surface area contributed by atoms with Crippen LogP contribution in [-0.2, 0) is 9.57 Å². The molecule has 0 radical (unpaired) electrons. The van der Waals surface area contributed by atoms with Crippen molar-refractivity contribution in [1.82, 2.24) is 0 Å². The topological polar surface area (TPSA) is 117 Å². The van der Waals surface area contributed by atoms with Gasteiger partial charge < -0.3 is 10.5 Å². The van der Waals surface area contributed by atoms with Crippen molar-refractivity contribution in [2.24, 2.45) is 10.9 Å². The molecule has 0 saturated heterocycles. The molecule has 8 heteroatoms. The molecule has 0 bridgehead atoms. The Balaban J connectivity index is 2.88. The normalized spacial score (nSPS) is 10.8. The molecule has 1 rings (SSSR count). The highest BCUT2D eigenvalue weighted by atomic mass is 16.8. The lowest BCUT2D eigenvalue weighted by Gasteiger charge is -2.00. The molecule has 0 saturated carbocycles. The third kappa shape index (κ3) is 3.45. The third-order valence-electron chi connectivity index (χ3n) is 1.74. The molecule has 2 N–H and O–H groups in total. The number of benzene rings is 1. The minimum absolute atomic E-state index is 0.140. The lowest BCUT2D eigenvalue weighted by Crippen LogP contribution is -2.15. The number of non-ortho nitro benzene ring substituents is 1. The Morgan fingerprint density at radius 2 is 2.24 bits per heavy atom. The van der Waals surface area contributed by atoms with E-state index in [9.17, 15) is 14.9 Å². The number of hydrogen-bond acceptors (Lipinski definition) is 6. The molecule has 0 aliphatic carbocycles. The standard InChI is InChI=1S/C9H9N3O5/c1-16-9(13)17-11-8(10)6-3-2-4-7(5-6)12(14)15/h2-5H,1H3,(H2,10,11). The van der Waals surface area contributed by atoms with Crippen LogP contribution in [0.1, 0.15) is 5.56 Å². The molecule has 0 atom stereocenters. The van der Waals surface area contributed by atoms with Gasteiger partial charge in [0.05, 0.1) is 12.0 Å². The first-order valence-electron chi connectivity index (χ1n) is 4.38. The molecule has 0 aliphatic rings. The predicted molar refractivity (Wildman–Crippen MR) is 57.3 cm³/mol. The highest BCUT2D eigenvalue weighted by Crippen LogP contribution is 2.12. The highest BCUT2D eigenvalue weighted by Gasteiger charge is 2.09. The molecule has 1 aromatic carbocycles. The number of oxime groups is 1. The number of carbonyl (C=O) groups is 1. The Morgan fingerprint density at radius 3 is 2.82 bits per heavy atom. The summed E-state index contributed by atoms with van der Waals surface area (Å²) >= 11 is 0. The van der Waals surface area contributed by atoms with Crippen LogP contribution in [0, 0.1) is 10.1 Å². The van der Waals surface area contributed by atoms with Crippen LogP contribution < -0.4 is 5.73 Å². The summed E-state index contributed by atoms with van der Waals surface area (Å²) in [5.41, 5.74) is 5.59. The van der Waals surface area contributed by atoms with Crippen LogP contribution >= 0.6 is 0 Å². The number of rotatable bonds is 3. The van der Waals surface area contributed by atoms with Crippen molar-refractivity contribution in [3.8, 4) is 0 Å². The fraction of sp³-hybridized carbons (Fsp3) is 0.111. The van der Waals surface area contributed by atoms with Crippen LogP contribution in [0.15, 0.2) is 29.4 Å². The highest BCUT2D eigenvalue weighted by molar-refractivity contribution is 5.97. The van der Waals surface area contributed by atoms with Gasteiger partial charge in [0, 0.05) is 17.7 Å². The Bertz CT molecular complexity index is 471. The van der Waals surface area contributed by atoms with Crippen LogP contribution in [0.2, 0.25) is 0 Å². The SMILES string of the molecule is COC(=O)O/N=C(\N)c1cccc([N+](=O)[O-])c1. The molecule has 0 heterocycles. The first-order valence-corrected chi connectivity index (χ1v) is 4.38. The first-order chi connectivity index (χ1) is 8.04. The van der Waals surface area contributed by atoms with Crippen molar-refractivity contribution in [3.63, 3.8) is 0 Å². The van der Waals surface area contributed by atoms with Gasteiger partial charge in [-0.1, -0.05) is 17.3 Å². The molecule has 1 aromatic rings. The molecule has 0 amide bonds. The van der Waals surface area contributed by atoms with Gasteiger partial charge >= 0.3 is 6.16 Å². The monoisotopic (exact) mass is 239 g/mol. The second kappa shape index (κ2) is 5.45. The zero-order chi connectivity index (χ0) is 12.8. The van der Waals surface area contributed by atoms with Crippen LogP contribution in [-0.4, -0.2) is 24.0 Å². The summed E-state index contributed by atoms with van der Waals surface area (Å²) in [4.78, 5) is 24.8. The van der Waals surface area contributed by atoms with Gasteiger partial charge in [0.1, 0.15) is 0 Å². The van der Waals surface area contributed by atoms with Crippen molar-refractivity contribution in [2.75, 3.05) is 7.11 Å². The number of nitro benzene ring substituents is 1. The van der Waals surface area contributed by atoms with Crippen LogP contribution in [0.25, 0.3) is 0 Å². The lowest BCUT2D eigenvalue weighted by molar-refractivity contribution is -0.384. The van der Waals surface area contributed by atoms with Crippen molar-refractivity contribution in [2.45, 2.75) is 0 Å². The summed E-state index contributed by atoms with van der Waals surface area (Å²) < 4.78 is 4.17. The maximum Gasteiger partial charge on any atom is 0.534 e. The van der Waals surface area contributed by atoms with E-state index < -0.39 is 11.1 Å². The number of nitrogens with zero attached hydrogens (tertiary/aromatic N) is 2. The Hall–Kier alpha value is -2.64. The number of nitrogens with two attached hydrogens (primary N) is 1. The summed E-state index contributed by atoms with van der Waals surface area (Å²) in [5.74, 6) is -0.167. The zero-order valence-electron chi connectivity index (χ0n) is 8.82. The van der Waals surface area contributed by atoms with Crippen LogP contribution in [0.5, 0.6) is 0 Å².